The number of sulfonamides is 2. The lowest BCUT2D eigenvalue weighted by Gasteiger charge is -2.31. The molecule has 0 atom stereocenters. The van der Waals surface area contributed by atoms with E-state index in [1.54, 1.807) is 6.92 Å². The van der Waals surface area contributed by atoms with E-state index in [4.69, 9.17) is 0 Å². The van der Waals surface area contributed by atoms with E-state index in [9.17, 15) is 65.5 Å². The molecule has 1 amide bonds. The summed E-state index contributed by atoms with van der Waals surface area (Å²) in [7, 11) is -8.82. The van der Waals surface area contributed by atoms with E-state index < -0.39 is 42.9 Å². The summed E-state index contributed by atoms with van der Waals surface area (Å²) < 4.78 is 162. The van der Waals surface area contributed by atoms with Crippen LogP contribution in [0.4, 0.5) is 43.9 Å². The topological polar surface area (TPSA) is 111 Å². The number of carbonyl (C=O) groups is 1. The molecule has 1 N–H and O–H groups in total. The highest BCUT2D eigenvalue weighted by atomic mass is 32.3. The minimum Gasteiger partial charge on any atom is -0.425 e. The molecule has 0 rings (SSSR count). The van der Waals surface area contributed by atoms with E-state index >= 15 is 0 Å². The van der Waals surface area contributed by atoms with E-state index in [0.29, 0.717) is 9.70 Å². The first-order valence-electron chi connectivity index (χ1n) is 8.40. The van der Waals surface area contributed by atoms with E-state index in [1.807, 2.05) is 0 Å². The Morgan fingerprint density at radius 2 is 1.15 bits per heavy atom. The smallest absolute Gasteiger partial charge is 0.425 e. The number of hydrogen-bond donors (Lipinski definition) is 1. The summed E-state index contributed by atoms with van der Waals surface area (Å²) in [4.78, 5) is 11.1. The third-order valence-corrected chi connectivity index (χ3v) is 6.51. The van der Waals surface area contributed by atoms with Crippen molar-refractivity contribution in [3.05, 3.63) is 16.3 Å². The maximum Gasteiger partial charge on any atom is 0.467 e. The standard InChI is InChI=1S/C10H20N2O.C4F10NO4S2/c1-9(2)10(13)11-7-6-8-12(3,4)5;5-1(6,7)3(11,12)20(16,17)15-21(18,19)4(13,14)2(8,9)10/h1,6-8H2,2-5H3;/q;-1/p+1. The van der Waals surface area contributed by atoms with Gasteiger partial charge in [0, 0.05) is 18.5 Å². The normalized spacial score (nSPS) is 14.2. The number of hydrogen-bond acceptors (Lipinski definition) is 5. The highest BCUT2D eigenvalue weighted by molar-refractivity contribution is 8.13. The van der Waals surface area contributed by atoms with Crippen LogP contribution in [-0.4, -0.2) is 84.3 Å². The van der Waals surface area contributed by atoms with Crippen LogP contribution in [0.25, 0.3) is 4.13 Å². The van der Waals surface area contributed by atoms with Crippen molar-refractivity contribution in [2.75, 3.05) is 34.2 Å². The van der Waals surface area contributed by atoms with Crippen molar-refractivity contribution < 1.29 is 70.0 Å². The predicted molar refractivity (Wildman–Crippen MR) is 98.5 cm³/mol. The minimum atomic E-state index is -7.62. The highest BCUT2D eigenvalue weighted by Crippen LogP contribution is 2.47. The van der Waals surface area contributed by atoms with Crippen molar-refractivity contribution >= 4 is 26.0 Å². The molecule has 0 aliphatic rings. The van der Waals surface area contributed by atoms with Gasteiger partial charge in [0.2, 0.25) is 5.91 Å². The van der Waals surface area contributed by atoms with E-state index in [-0.39, 0.29) is 5.91 Å². The quantitative estimate of drug-likeness (QED) is 0.200. The van der Waals surface area contributed by atoms with Crippen molar-refractivity contribution in [3.63, 3.8) is 0 Å². The molecule has 0 aromatic carbocycles. The van der Waals surface area contributed by atoms with E-state index in [0.717, 1.165) is 24.0 Å². The Labute approximate surface area is 188 Å². The number of rotatable bonds is 9. The van der Waals surface area contributed by atoms with Crippen LogP contribution in [-0.2, 0) is 24.8 Å². The lowest BCUT2D eigenvalue weighted by atomic mass is 10.3. The Bertz CT molecular complexity index is 883. The third-order valence-electron chi connectivity index (χ3n) is 3.18. The van der Waals surface area contributed by atoms with Crippen LogP contribution in [0.2, 0.25) is 0 Å². The van der Waals surface area contributed by atoms with Crippen LogP contribution in [0.1, 0.15) is 13.3 Å². The van der Waals surface area contributed by atoms with Gasteiger partial charge in [-0.3, -0.25) is 4.79 Å². The van der Waals surface area contributed by atoms with Crippen molar-refractivity contribution in [3.8, 4) is 0 Å². The Morgan fingerprint density at radius 3 is 1.38 bits per heavy atom. The first-order valence-corrected chi connectivity index (χ1v) is 11.3. The number of nitrogens with one attached hydrogen (secondary N) is 1. The van der Waals surface area contributed by atoms with Gasteiger partial charge in [0.1, 0.15) is 0 Å². The molecule has 0 bridgehead atoms. The summed E-state index contributed by atoms with van der Waals surface area (Å²) in [6, 6.07) is 0. The molecule has 0 aliphatic carbocycles. The van der Waals surface area contributed by atoms with Crippen molar-refractivity contribution in [1.82, 2.24) is 5.32 Å². The zero-order valence-corrected chi connectivity index (χ0v) is 19.5. The first kappa shape index (κ1) is 34.5. The second-order valence-corrected chi connectivity index (χ2v) is 11.0. The van der Waals surface area contributed by atoms with E-state index in [1.165, 1.54) is 0 Å². The molecule has 0 saturated heterocycles. The molecule has 20 heteroatoms. The molecule has 0 unspecified atom stereocenters. The molecule has 0 heterocycles. The summed E-state index contributed by atoms with van der Waals surface area (Å²) in [5, 5.41) is -11.2. The Kier molecular flexibility index (Phi) is 11.1. The average molecular weight is 565 g/mol. The molecule has 0 fully saturated rings. The van der Waals surface area contributed by atoms with Crippen LogP contribution >= 0.6 is 0 Å². The summed E-state index contributed by atoms with van der Waals surface area (Å²) in [5.74, 6) is -0.0404. The second-order valence-electron chi connectivity index (χ2n) is 7.46. The van der Waals surface area contributed by atoms with Gasteiger partial charge in [-0.25, -0.2) is 16.8 Å². The van der Waals surface area contributed by atoms with Crippen molar-refractivity contribution in [1.29, 1.82) is 0 Å². The monoisotopic (exact) mass is 565 g/mol. The molecule has 34 heavy (non-hydrogen) atoms. The van der Waals surface area contributed by atoms with Crippen LogP contribution in [0.3, 0.4) is 0 Å². The SMILES string of the molecule is C=C(C)C(=O)NCCC[N+](C)(C)C.O=S(=O)([N-]S(=O)(=O)C(F)(F)C(F)(F)F)C(F)(F)C(F)(F)F. The van der Waals surface area contributed by atoms with Crippen LogP contribution in [0, 0.1) is 0 Å². The molecule has 8 nitrogen and oxygen atoms in total. The van der Waals surface area contributed by atoms with E-state index in [2.05, 4.69) is 33.0 Å². The molecule has 0 spiro atoms. The van der Waals surface area contributed by atoms with Gasteiger partial charge in [0.05, 0.1) is 27.7 Å². The lowest BCUT2D eigenvalue weighted by Crippen LogP contribution is -2.48. The maximum atomic E-state index is 12.3. The Balaban J connectivity index is 0. The van der Waals surface area contributed by atoms with Gasteiger partial charge >= 0.3 is 22.9 Å². The predicted octanol–water partition coefficient (Wildman–Crippen LogP) is 3.10. The van der Waals surface area contributed by atoms with Crippen LogP contribution in [0.15, 0.2) is 12.2 Å². The maximum absolute atomic E-state index is 12.3. The molecule has 204 valence electrons. The molecule has 0 radical (unpaired) electrons. The Morgan fingerprint density at radius 1 is 0.824 bits per heavy atom. The van der Waals surface area contributed by atoms with Crippen molar-refractivity contribution in [2.24, 2.45) is 0 Å². The van der Waals surface area contributed by atoms with Gasteiger partial charge in [-0.1, -0.05) is 6.58 Å². The molecule has 0 aromatic heterocycles. The van der Waals surface area contributed by atoms with Gasteiger partial charge in [-0.2, -0.15) is 43.9 Å². The largest absolute Gasteiger partial charge is 0.467 e. The first-order chi connectivity index (χ1) is 14.5. The third kappa shape index (κ3) is 9.53. The summed E-state index contributed by atoms with van der Waals surface area (Å²) in [6.45, 7) is 7.09. The number of quaternary nitrogens is 1. The van der Waals surface area contributed by atoms with Crippen LogP contribution < -0.4 is 5.32 Å². The fourth-order valence-corrected chi connectivity index (χ4v) is 3.79. The Hall–Kier alpha value is -1.67. The fraction of sp³-hybridized carbons (Fsp3) is 0.786. The molecule has 0 saturated carbocycles. The molecular weight excluding hydrogens is 544 g/mol. The van der Waals surface area contributed by atoms with Gasteiger partial charge in [0.15, 0.2) is 20.0 Å². The second kappa shape index (κ2) is 10.9. The summed E-state index contributed by atoms with van der Waals surface area (Å²) in [5.41, 5.74) is 0.574. The van der Waals surface area contributed by atoms with Gasteiger partial charge < -0.3 is 13.9 Å². The summed E-state index contributed by atoms with van der Waals surface area (Å²) >= 11 is 0. The highest BCUT2D eigenvalue weighted by Gasteiger charge is 2.68. The minimum absolute atomic E-state index is 0.0404. The number of carbonyl (C=O) groups excluding carboxylic acids is 1. The molecule has 0 aliphatic heterocycles. The summed E-state index contributed by atoms with van der Waals surface area (Å²) in [6.07, 6.45) is -13.0. The molecular formula is C14H21F10N3O5S2. The lowest BCUT2D eigenvalue weighted by molar-refractivity contribution is -0.870. The van der Waals surface area contributed by atoms with Crippen LogP contribution in [0.5, 0.6) is 0 Å². The van der Waals surface area contributed by atoms with Gasteiger partial charge in [-0.05, 0) is 6.92 Å². The number of alkyl halides is 10. The molecule has 0 aromatic rings. The van der Waals surface area contributed by atoms with Crippen molar-refractivity contribution in [2.45, 2.75) is 36.2 Å². The number of nitrogens with zero attached hydrogens (tertiary/aromatic N) is 2. The van der Waals surface area contributed by atoms with Gasteiger partial charge in [0.25, 0.3) is 0 Å². The fourth-order valence-electron chi connectivity index (χ4n) is 1.42. The average Bonchev–Trinajstić information content (AvgIpc) is 2.54. The number of halogens is 10. The zero-order valence-electron chi connectivity index (χ0n) is 17.9. The number of amides is 1. The van der Waals surface area contributed by atoms with Gasteiger partial charge in [-0.15, -0.1) is 0 Å². The zero-order chi connectivity index (χ0) is 28.2.